The maximum absolute atomic E-state index is 12.6. The van der Waals surface area contributed by atoms with Gasteiger partial charge in [-0.05, 0) is 23.8 Å². The minimum atomic E-state index is 0.194. The third-order valence-corrected chi connectivity index (χ3v) is 5.49. The van der Waals surface area contributed by atoms with Crippen molar-refractivity contribution in [1.82, 2.24) is 0 Å². The Kier molecular flexibility index (Phi) is 5.21. The highest BCUT2D eigenvalue weighted by atomic mass is 16.6. The van der Waals surface area contributed by atoms with Crippen molar-refractivity contribution in [2.75, 3.05) is 26.3 Å². The SMILES string of the molecule is O=C(CC[NH+]1CCC[C@@H]1Cc1ccccc1)c1ccc2c(c1)OCCO2. The highest BCUT2D eigenvalue weighted by molar-refractivity contribution is 5.96. The molecule has 2 aromatic rings. The van der Waals surface area contributed by atoms with Crippen molar-refractivity contribution in [1.29, 1.82) is 0 Å². The lowest BCUT2D eigenvalue weighted by molar-refractivity contribution is -0.911. The van der Waals surface area contributed by atoms with Gasteiger partial charge in [0.15, 0.2) is 17.3 Å². The summed E-state index contributed by atoms with van der Waals surface area (Å²) in [5, 5.41) is 0. The zero-order chi connectivity index (χ0) is 17.8. The van der Waals surface area contributed by atoms with Crippen LogP contribution >= 0.6 is 0 Å². The van der Waals surface area contributed by atoms with E-state index in [1.807, 2.05) is 18.2 Å². The summed E-state index contributed by atoms with van der Waals surface area (Å²) in [5.74, 6) is 1.62. The number of hydrogen-bond donors (Lipinski definition) is 1. The minimum Gasteiger partial charge on any atom is -0.486 e. The zero-order valence-electron chi connectivity index (χ0n) is 15.1. The van der Waals surface area contributed by atoms with Crippen molar-refractivity contribution in [3.05, 3.63) is 59.7 Å². The van der Waals surface area contributed by atoms with Gasteiger partial charge in [-0.3, -0.25) is 4.79 Å². The van der Waals surface area contributed by atoms with Gasteiger partial charge >= 0.3 is 0 Å². The molecule has 1 N–H and O–H groups in total. The first-order valence-corrected chi connectivity index (χ1v) is 9.61. The zero-order valence-corrected chi connectivity index (χ0v) is 15.1. The molecule has 2 aromatic carbocycles. The van der Waals surface area contributed by atoms with Crippen molar-refractivity contribution in [2.24, 2.45) is 0 Å². The number of fused-ring (bicyclic) bond motifs is 1. The third-order valence-electron chi connectivity index (χ3n) is 5.49. The summed E-state index contributed by atoms with van der Waals surface area (Å²) in [6, 6.07) is 16.9. The maximum Gasteiger partial charge on any atom is 0.168 e. The van der Waals surface area contributed by atoms with E-state index >= 15 is 0 Å². The molecule has 4 rings (SSSR count). The molecular formula is C22H26NO3+. The molecule has 2 heterocycles. The predicted molar refractivity (Wildman–Crippen MR) is 100 cm³/mol. The molecular weight excluding hydrogens is 326 g/mol. The number of ether oxygens (including phenoxy) is 2. The largest absolute Gasteiger partial charge is 0.486 e. The lowest BCUT2D eigenvalue weighted by Crippen LogP contribution is -3.14. The molecule has 1 unspecified atom stereocenters. The average Bonchev–Trinajstić information content (AvgIpc) is 3.13. The number of nitrogens with one attached hydrogen (secondary N) is 1. The molecule has 4 nitrogen and oxygen atoms in total. The Balaban J connectivity index is 1.35. The molecule has 1 fully saturated rings. The van der Waals surface area contributed by atoms with E-state index in [-0.39, 0.29) is 5.78 Å². The van der Waals surface area contributed by atoms with Gasteiger partial charge < -0.3 is 14.4 Å². The highest BCUT2D eigenvalue weighted by Crippen LogP contribution is 2.31. The number of benzene rings is 2. The Labute approximate surface area is 154 Å². The van der Waals surface area contributed by atoms with Gasteiger partial charge in [-0.15, -0.1) is 0 Å². The summed E-state index contributed by atoms with van der Waals surface area (Å²) < 4.78 is 11.1. The number of ketones is 1. The van der Waals surface area contributed by atoms with Gasteiger partial charge in [-0.25, -0.2) is 0 Å². The number of quaternary nitrogens is 1. The summed E-state index contributed by atoms with van der Waals surface area (Å²) in [4.78, 5) is 14.2. The summed E-state index contributed by atoms with van der Waals surface area (Å²) in [6.07, 6.45) is 4.20. The van der Waals surface area contributed by atoms with Gasteiger partial charge in [-0.2, -0.15) is 0 Å². The van der Waals surface area contributed by atoms with Crippen LogP contribution in [-0.4, -0.2) is 38.1 Å². The van der Waals surface area contributed by atoms with Crippen LogP contribution in [0, 0.1) is 0 Å². The molecule has 0 bridgehead atoms. The molecule has 4 heteroatoms. The summed E-state index contributed by atoms with van der Waals surface area (Å²) in [6.45, 7) is 3.20. The molecule has 2 aliphatic heterocycles. The van der Waals surface area contributed by atoms with Crippen LogP contribution in [0.25, 0.3) is 0 Å². The lowest BCUT2D eigenvalue weighted by atomic mass is 10.0. The second-order valence-corrected chi connectivity index (χ2v) is 7.22. The van der Waals surface area contributed by atoms with Crippen LogP contribution in [-0.2, 0) is 6.42 Å². The Hall–Kier alpha value is -2.33. The van der Waals surface area contributed by atoms with E-state index in [0.717, 1.165) is 24.3 Å². The van der Waals surface area contributed by atoms with Gasteiger partial charge in [0.05, 0.1) is 25.6 Å². The molecule has 0 saturated carbocycles. The quantitative estimate of drug-likeness (QED) is 0.811. The van der Waals surface area contributed by atoms with Crippen LogP contribution in [0.4, 0.5) is 0 Å². The molecule has 26 heavy (non-hydrogen) atoms. The van der Waals surface area contributed by atoms with Gasteiger partial charge in [0.2, 0.25) is 0 Å². The smallest absolute Gasteiger partial charge is 0.168 e. The summed E-state index contributed by atoms with van der Waals surface area (Å²) in [5.41, 5.74) is 2.13. The van der Waals surface area contributed by atoms with E-state index in [4.69, 9.17) is 9.47 Å². The van der Waals surface area contributed by atoms with Crippen LogP contribution < -0.4 is 14.4 Å². The number of carbonyl (C=O) groups excluding carboxylic acids is 1. The molecule has 0 amide bonds. The van der Waals surface area contributed by atoms with Crippen LogP contribution in [0.15, 0.2) is 48.5 Å². The van der Waals surface area contributed by atoms with Crippen LogP contribution in [0.2, 0.25) is 0 Å². The topological polar surface area (TPSA) is 40.0 Å². The van der Waals surface area contributed by atoms with Crippen molar-refractivity contribution >= 4 is 5.78 Å². The number of likely N-dealkylation sites (tertiary alicyclic amines) is 1. The normalized spacial score (nSPS) is 21.5. The van der Waals surface area contributed by atoms with Crippen LogP contribution in [0.1, 0.15) is 35.2 Å². The van der Waals surface area contributed by atoms with Gasteiger partial charge in [-0.1, -0.05) is 30.3 Å². The third kappa shape index (κ3) is 3.91. The minimum absolute atomic E-state index is 0.194. The Morgan fingerprint density at radius 2 is 1.85 bits per heavy atom. The van der Waals surface area contributed by atoms with E-state index in [9.17, 15) is 4.79 Å². The second-order valence-electron chi connectivity index (χ2n) is 7.22. The van der Waals surface area contributed by atoms with Crippen LogP contribution in [0.3, 0.4) is 0 Å². The Bertz CT molecular complexity index is 759. The Morgan fingerprint density at radius 3 is 2.69 bits per heavy atom. The van der Waals surface area contributed by atoms with Gasteiger partial charge in [0.25, 0.3) is 0 Å². The fraction of sp³-hybridized carbons (Fsp3) is 0.409. The number of Topliss-reactive ketones (excluding diaryl/α,β-unsaturated/α-hetero) is 1. The Morgan fingerprint density at radius 1 is 1.04 bits per heavy atom. The van der Waals surface area contributed by atoms with Gasteiger partial charge in [0.1, 0.15) is 13.2 Å². The summed E-state index contributed by atoms with van der Waals surface area (Å²) >= 11 is 0. The number of rotatable bonds is 6. The molecule has 2 aliphatic rings. The molecule has 136 valence electrons. The van der Waals surface area contributed by atoms with Crippen molar-refractivity contribution in [3.8, 4) is 11.5 Å². The first-order chi connectivity index (χ1) is 12.8. The first-order valence-electron chi connectivity index (χ1n) is 9.61. The molecule has 0 aliphatic carbocycles. The first kappa shape index (κ1) is 17.1. The van der Waals surface area contributed by atoms with Crippen molar-refractivity contribution in [2.45, 2.75) is 31.7 Å². The van der Waals surface area contributed by atoms with E-state index in [2.05, 4.69) is 30.3 Å². The maximum atomic E-state index is 12.6. The fourth-order valence-corrected chi connectivity index (χ4v) is 4.09. The second kappa shape index (κ2) is 7.92. The highest BCUT2D eigenvalue weighted by Gasteiger charge is 2.29. The van der Waals surface area contributed by atoms with E-state index in [0.29, 0.717) is 31.4 Å². The van der Waals surface area contributed by atoms with E-state index in [1.165, 1.54) is 24.9 Å². The molecule has 1 saturated heterocycles. The predicted octanol–water partition coefficient (Wildman–Crippen LogP) is 2.32. The van der Waals surface area contributed by atoms with Crippen molar-refractivity contribution in [3.63, 3.8) is 0 Å². The lowest BCUT2D eigenvalue weighted by Gasteiger charge is -2.22. The number of hydrogen-bond acceptors (Lipinski definition) is 3. The number of carbonyl (C=O) groups is 1. The van der Waals surface area contributed by atoms with E-state index in [1.54, 1.807) is 4.90 Å². The van der Waals surface area contributed by atoms with Gasteiger partial charge in [0, 0.05) is 24.8 Å². The standard InChI is InChI=1S/C22H25NO3/c24-20(18-8-9-21-22(16-18)26-14-13-25-21)10-12-23-11-4-7-19(23)15-17-5-2-1-3-6-17/h1-3,5-6,8-9,16,19H,4,7,10-15H2/p+1/t19-/m1/s1. The molecule has 0 radical (unpaired) electrons. The van der Waals surface area contributed by atoms with E-state index < -0.39 is 0 Å². The van der Waals surface area contributed by atoms with Crippen molar-refractivity contribution < 1.29 is 19.2 Å². The molecule has 0 spiro atoms. The summed E-state index contributed by atoms with van der Waals surface area (Å²) in [7, 11) is 0. The van der Waals surface area contributed by atoms with Crippen LogP contribution in [0.5, 0.6) is 11.5 Å². The molecule has 2 atom stereocenters. The fourth-order valence-electron chi connectivity index (χ4n) is 4.09. The average molecular weight is 352 g/mol. The molecule has 0 aromatic heterocycles. The monoisotopic (exact) mass is 352 g/mol.